The molecule has 0 atom stereocenters. The fourth-order valence-corrected chi connectivity index (χ4v) is 2.95. The number of carbonyl (C=O) groups is 1. The first-order valence-electron chi connectivity index (χ1n) is 8.22. The lowest BCUT2D eigenvalue weighted by molar-refractivity contribution is 0.103. The molecule has 0 unspecified atom stereocenters. The predicted molar refractivity (Wildman–Crippen MR) is 103 cm³/mol. The van der Waals surface area contributed by atoms with Gasteiger partial charge < -0.3 is 0 Å². The number of benzene rings is 2. The first-order valence-corrected chi connectivity index (χ1v) is 9.44. The normalized spacial score (nSPS) is 12.0. The molecular formula is C21H26OS. The molecule has 3 rings (SSSR count). The molecule has 0 fully saturated rings. The van der Waals surface area contributed by atoms with Gasteiger partial charge in [-0.3, -0.25) is 4.79 Å². The third kappa shape index (κ3) is 3.94. The molecule has 0 radical (unpaired) electrons. The van der Waals surface area contributed by atoms with Crippen molar-refractivity contribution in [1.29, 1.82) is 0 Å². The van der Waals surface area contributed by atoms with Crippen LogP contribution in [0.1, 0.15) is 56.1 Å². The minimum Gasteiger partial charge on any atom is -0.289 e. The van der Waals surface area contributed by atoms with Crippen LogP contribution >= 0.6 is 11.8 Å². The third-order valence-corrected chi connectivity index (χ3v) is 4.28. The summed E-state index contributed by atoms with van der Waals surface area (Å²) in [5.41, 5.74) is 4.92. The van der Waals surface area contributed by atoms with Gasteiger partial charge in [-0.1, -0.05) is 64.1 Å². The van der Waals surface area contributed by atoms with E-state index in [1.165, 1.54) is 4.90 Å². The summed E-state index contributed by atoms with van der Waals surface area (Å²) in [5, 5.41) is 0. The van der Waals surface area contributed by atoms with Crippen LogP contribution in [0.15, 0.2) is 59.0 Å². The highest BCUT2D eigenvalue weighted by atomic mass is 32.2. The van der Waals surface area contributed by atoms with Crippen molar-refractivity contribution >= 4 is 23.1 Å². The van der Waals surface area contributed by atoms with Gasteiger partial charge in [-0.25, -0.2) is 0 Å². The standard InChI is InChI=1S/C17H14OS.2C2H6/c1-11-16(12-7-9-13(19-2)10-8-12)14-5-3-4-6-15(14)17(11)18;2*1-2/h3-10H,1-2H3;2*1-2H3. The molecule has 2 aromatic rings. The maximum atomic E-state index is 12.2. The predicted octanol–water partition coefficient (Wildman–Crippen LogP) is 6.48. The molecule has 1 aliphatic carbocycles. The van der Waals surface area contributed by atoms with Crippen LogP contribution in [0.2, 0.25) is 0 Å². The zero-order chi connectivity index (χ0) is 17.4. The molecule has 122 valence electrons. The Labute approximate surface area is 144 Å². The summed E-state index contributed by atoms with van der Waals surface area (Å²) in [6, 6.07) is 16.2. The Kier molecular flexibility index (Phi) is 7.84. The second-order valence-corrected chi connectivity index (χ2v) is 5.48. The van der Waals surface area contributed by atoms with Gasteiger partial charge in [0, 0.05) is 16.0 Å². The lowest BCUT2D eigenvalue weighted by Crippen LogP contribution is -1.94. The Morgan fingerprint density at radius 2 is 1.30 bits per heavy atom. The molecule has 0 bridgehead atoms. The fraction of sp³-hybridized carbons (Fsp3) is 0.286. The molecule has 0 amide bonds. The van der Waals surface area contributed by atoms with Gasteiger partial charge >= 0.3 is 0 Å². The van der Waals surface area contributed by atoms with E-state index in [9.17, 15) is 4.79 Å². The van der Waals surface area contributed by atoms with E-state index < -0.39 is 0 Å². The van der Waals surface area contributed by atoms with Crippen molar-refractivity contribution in [1.82, 2.24) is 0 Å². The van der Waals surface area contributed by atoms with Gasteiger partial charge in [-0.15, -0.1) is 11.8 Å². The summed E-state index contributed by atoms with van der Waals surface area (Å²) in [6.45, 7) is 9.92. The fourth-order valence-electron chi connectivity index (χ4n) is 2.55. The quantitative estimate of drug-likeness (QED) is 0.588. The first kappa shape index (κ1) is 19.2. The molecule has 2 aromatic carbocycles. The smallest absolute Gasteiger partial charge is 0.189 e. The van der Waals surface area contributed by atoms with Crippen LogP contribution < -0.4 is 0 Å². The van der Waals surface area contributed by atoms with E-state index in [1.54, 1.807) is 11.8 Å². The molecule has 1 nitrogen and oxygen atoms in total. The third-order valence-electron chi connectivity index (χ3n) is 3.54. The lowest BCUT2D eigenvalue weighted by atomic mass is 9.98. The zero-order valence-corrected chi connectivity index (χ0v) is 15.8. The summed E-state index contributed by atoms with van der Waals surface area (Å²) in [7, 11) is 0. The Morgan fingerprint density at radius 1 is 0.783 bits per heavy atom. The molecule has 2 heteroatoms. The van der Waals surface area contributed by atoms with Crippen LogP contribution in [0.25, 0.3) is 5.57 Å². The van der Waals surface area contributed by atoms with Crippen molar-refractivity contribution in [3.63, 3.8) is 0 Å². The summed E-state index contributed by atoms with van der Waals surface area (Å²) in [4.78, 5) is 13.5. The van der Waals surface area contributed by atoms with E-state index >= 15 is 0 Å². The number of Topliss-reactive ketones (excluding diaryl/α,β-unsaturated/α-hetero) is 1. The Bertz CT molecular complexity index is 681. The molecule has 0 aromatic heterocycles. The molecule has 0 N–H and O–H groups in total. The monoisotopic (exact) mass is 326 g/mol. The zero-order valence-electron chi connectivity index (χ0n) is 14.9. The largest absolute Gasteiger partial charge is 0.289 e. The Balaban J connectivity index is 0.000000615. The van der Waals surface area contributed by atoms with E-state index in [1.807, 2.05) is 58.9 Å². The van der Waals surface area contributed by atoms with Crippen molar-refractivity contribution < 1.29 is 4.79 Å². The van der Waals surface area contributed by atoms with Gasteiger partial charge in [0.15, 0.2) is 5.78 Å². The van der Waals surface area contributed by atoms with Crippen LogP contribution in [-0.2, 0) is 0 Å². The molecule has 1 aliphatic rings. The highest BCUT2D eigenvalue weighted by Crippen LogP contribution is 2.37. The van der Waals surface area contributed by atoms with E-state index in [2.05, 4.69) is 30.5 Å². The molecule has 0 saturated carbocycles. The number of hydrogen-bond acceptors (Lipinski definition) is 2. The highest BCUT2D eigenvalue weighted by Gasteiger charge is 2.26. The number of hydrogen-bond donors (Lipinski definition) is 0. The van der Waals surface area contributed by atoms with Gasteiger partial charge in [0.25, 0.3) is 0 Å². The molecule has 23 heavy (non-hydrogen) atoms. The van der Waals surface area contributed by atoms with Gasteiger partial charge in [0.2, 0.25) is 0 Å². The first-order chi connectivity index (χ1) is 11.2. The average Bonchev–Trinajstić information content (AvgIpc) is 2.90. The van der Waals surface area contributed by atoms with Crippen molar-refractivity contribution in [2.75, 3.05) is 6.26 Å². The average molecular weight is 327 g/mol. The van der Waals surface area contributed by atoms with Crippen LogP contribution in [0.3, 0.4) is 0 Å². The minimum atomic E-state index is 0.152. The van der Waals surface area contributed by atoms with Crippen LogP contribution in [-0.4, -0.2) is 12.0 Å². The van der Waals surface area contributed by atoms with Crippen LogP contribution in [0, 0.1) is 0 Å². The topological polar surface area (TPSA) is 17.1 Å². The summed E-state index contributed by atoms with van der Waals surface area (Å²) in [6.07, 6.45) is 2.06. The van der Waals surface area contributed by atoms with Crippen LogP contribution in [0.5, 0.6) is 0 Å². The molecular weight excluding hydrogens is 300 g/mol. The summed E-state index contributed by atoms with van der Waals surface area (Å²) >= 11 is 1.72. The maximum Gasteiger partial charge on any atom is 0.189 e. The molecule has 0 saturated heterocycles. The van der Waals surface area contributed by atoms with Gasteiger partial charge in [-0.2, -0.15) is 0 Å². The van der Waals surface area contributed by atoms with E-state index in [-0.39, 0.29) is 5.78 Å². The van der Waals surface area contributed by atoms with Crippen molar-refractivity contribution in [3.8, 4) is 0 Å². The van der Waals surface area contributed by atoms with Gasteiger partial charge in [0.05, 0.1) is 0 Å². The molecule has 0 spiro atoms. The van der Waals surface area contributed by atoms with Crippen LogP contribution in [0.4, 0.5) is 0 Å². The molecule has 0 aliphatic heterocycles. The maximum absolute atomic E-state index is 12.2. The van der Waals surface area contributed by atoms with E-state index in [0.29, 0.717) is 0 Å². The Morgan fingerprint density at radius 3 is 1.83 bits per heavy atom. The van der Waals surface area contributed by atoms with E-state index in [4.69, 9.17) is 0 Å². The second kappa shape index (κ2) is 9.36. The number of carbonyl (C=O) groups excluding carboxylic acids is 1. The van der Waals surface area contributed by atoms with E-state index in [0.717, 1.165) is 27.8 Å². The number of allylic oxidation sites excluding steroid dienone is 1. The number of thioether (sulfide) groups is 1. The Hall–Kier alpha value is -1.80. The second-order valence-electron chi connectivity index (χ2n) is 4.60. The highest BCUT2D eigenvalue weighted by molar-refractivity contribution is 7.98. The lowest BCUT2D eigenvalue weighted by Gasteiger charge is -2.07. The van der Waals surface area contributed by atoms with Gasteiger partial charge in [0.1, 0.15) is 0 Å². The summed E-state index contributed by atoms with van der Waals surface area (Å²) in [5.74, 6) is 0.152. The van der Waals surface area contributed by atoms with Crippen molar-refractivity contribution in [2.24, 2.45) is 0 Å². The molecule has 0 heterocycles. The number of rotatable bonds is 2. The number of ketones is 1. The van der Waals surface area contributed by atoms with Crippen molar-refractivity contribution in [3.05, 3.63) is 70.8 Å². The summed E-state index contributed by atoms with van der Waals surface area (Å²) < 4.78 is 0. The van der Waals surface area contributed by atoms with Gasteiger partial charge in [-0.05, 0) is 42.0 Å². The number of fused-ring (bicyclic) bond motifs is 1. The SMILES string of the molecule is CC.CC.CSc1ccc(C2=C(C)C(=O)c3ccccc32)cc1. The van der Waals surface area contributed by atoms with Crippen molar-refractivity contribution in [2.45, 2.75) is 39.5 Å². The minimum absolute atomic E-state index is 0.152.